The average molecular weight is 208 g/mol. The van der Waals surface area contributed by atoms with E-state index in [1.165, 1.54) is 0 Å². The molecule has 2 rings (SSSR count). The molecule has 0 aliphatic carbocycles. The molecule has 6 nitrogen and oxygen atoms in total. The molecule has 0 aromatic carbocycles. The van der Waals surface area contributed by atoms with Crippen molar-refractivity contribution >= 4 is 6.09 Å². The Morgan fingerprint density at radius 2 is 2.27 bits per heavy atom. The van der Waals surface area contributed by atoms with Crippen molar-refractivity contribution in [2.45, 2.75) is 12.6 Å². The van der Waals surface area contributed by atoms with Crippen molar-refractivity contribution in [2.24, 2.45) is 5.73 Å². The van der Waals surface area contributed by atoms with Gasteiger partial charge in [0.25, 0.3) is 0 Å². The lowest BCUT2D eigenvalue weighted by Crippen LogP contribution is -2.27. The second-order valence-corrected chi connectivity index (χ2v) is 3.29. The highest BCUT2D eigenvalue weighted by Gasteiger charge is 2.30. The number of hydrogen-bond acceptors (Lipinski definition) is 5. The van der Waals surface area contributed by atoms with Crippen molar-refractivity contribution in [3.05, 3.63) is 24.3 Å². The maximum atomic E-state index is 11.3. The SMILES string of the molecule is NCC1CN(Cc2ncccn2)C(=O)O1. The predicted molar refractivity (Wildman–Crippen MR) is 51.8 cm³/mol. The summed E-state index contributed by atoms with van der Waals surface area (Å²) < 4.78 is 5.00. The van der Waals surface area contributed by atoms with Gasteiger partial charge in [0.2, 0.25) is 0 Å². The van der Waals surface area contributed by atoms with Crippen LogP contribution in [0.1, 0.15) is 5.82 Å². The smallest absolute Gasteiger partial charge is 0.410 e. The number of nitrogens with two attached hydrogens (primary N) is 1. The summed E-state index contributed by atoms with van der Waals surface area (Å²) in [5.41, 5.74) is 5.42. The minimum atomic E-state index is -0.349. The lowest BCUT2D eigenvalue weighted by Gasteiger charge is -2.10. The molecule has 2 heterocycles. The minimum absolute atomic E-state index is 0.207. The number of hydrogen-bond donors (Lipinski definition) is 1. The number of carbonyl (C=O) groups excluding carboxylic acids is 1. The molecule has 1 unspecified atom stereocenters. The van der Waals surface area contributed by atoms with Gasteiger partial charge in [0.1, 0.15) is 11.9 Å². The van der Waals surface area contributed by atoms with Gasteiger partial charge in [0, 0.05) is 18.9 Å². The van der Waals surface area contributed by atoms with Crippen LogP contribution in [0.15, 0.2) is 18.5 Å². The number of carbonyl (C=O) groups is 1. The quantitative estimate of drug-likeness (QED) is 0.741. The molecule has 1 aliphatic rings. The second-order valence-electron chi connectivity index (χ2n) is 3.29. The van der Waals surface area contributed by atoms with E-state index in [1.807, 2.05) is 0 Å². The number of nitrogens with zero attached hydrogens (tertiary/aromatic N) is 3. The average Bonchev–Trinajstić information content (AvgIpc) is 2.61. The molecule has 1 atom stereocenters. The lowest BCUT2D eigenvalue weighted by molar-refractivity contribution is 0.134. The number of cyclic esters (lactones) is 1. The topological polar surface area (TPSA) is 81.3 Å². The fourth-order valence-corrected chi connectivity index (χ4v) is 1.41. The normalized spacial score (nSPS) is 20.5. The van der Waals surface area contributed by atoms with Gasteiger partial charge < -0.3 is 10.5 Å². The van der Waals surface area contributed by atoms with E-state index in [-0.39, 0.29) is 12.2 Å². The van der Waals surface area contributed by atoms with Crippen LogP contribution in [0.5, 0.6) is 0 Å². The molecule has 0 bridgehead atoms. The summed E-state index contributed by atoms with van der Waals surface area (Å²) in [6, 6.07) is 1.73. The molecule has 1 fully saturated rings. The van der Waals surface area contributed by atoms with E-state index in [9.17, 15) is 4.79 Å². The molecule has 80 valence electrons. The lowest BCUT2D eigenvalue weighted by atomic mass is 10.3. The minimum Gasteiger partial charge on any atom is -0.443 e. The summed E-state index contributed by atoms with van der Waals surface area (Å²) in [5, 5.41) is 0. The van der Waals surface area contributed by atoms with Crippen LogP contribution < -0.4 is 5.73 Å². The van der Waals surface area contributed by atoms with E-state index in [0.717, 1.165) is 0 Å². The highest BCUT2D eigenvalue weighted by molar-refractivity contribution is 5.69. The molecule has 1 saturated heterocycles. The summed E-state index contributed by atoms with van der Waals surface area (Å²) in [6.45, 7) is 1.22. The first-order valence-electron chi connectivity index (χ1n) is 4.71. The molecule has 1 amide bonds. The first-order valence-corrected chi connectivity index (χ1v) is 4.71. The van der Waals surface area contributed by atoms with Crippen molar-refractivity contribution in [2.75, 3.05) is 13.1 Å². The Labute approximate surface area is 87.1 Å². The van der Waals surface area contributed by atoms with Crippen LogP contribution in [0.3, 0.4) is 0 Å². The molecule has 2 N–H and O–H groups in total. The molecule has 1 aromatic heterocycles. The predicted octanol–water partition coefficient (Wildman–Crippen LogP) is -0.244. The van der Waals surface area contributed by atoms with Crippen LogP contribution in [-0.2, 0) is 11.3 Å². The summed E-state index contributed by atoms with van der Waals surface area (Å²) in [5.74, 6) is 0.604. The van der Waals surface area contributed by atoms with Gasteiger partial charge in [-0.05, 0) is 6.07 Å². The van der Waals surface area contributed by atoms with Crippen molar-refractivity contribution in [1.82, 2.24) is 14.9 Å². The van der Waals surface area contributed by atoms with Crippen molar-refractivity contribution in [1.29, 1.82) is 0 Å². The van der Waals surface area contributed by atoms with Gasteiger partial charge in [-0.25, -0.2) is 14.8 Å². The zero-order chi connectivity index (χ0) is 10.7. The zero-order valence-corrected chi connectivity index (χ0v) is 8.17. The molecule has 1 aromatic rings. The summed E-state index contributed by atoms with van der Waals surface area (Å²) in [7, 11) is 0. The maximum Gasteiger partial charge on any atom is 0.410 e. The summed E-state index contributed by atoms with van der Waals surface area (Å²) >= 11 is 0. The third-order valence-corrected chi connectivity index (χ3v) is 2.16. The van der Waals surface area contributed by atoms with E-state index < -0.39 is 0 Å². The van der Waals surface area contributed by atoms with Crippen LogP contribution in [0, 0.1) is 0 Å². The van der Waals surface area contributed by atoms with Crippen molar-refractivity contribution in [3.63, 3.8) is 0 Å². The fraction of sp³-hybridized carbons (Fsp3) is 0.444. The second kappa shape index (κ2) is 4.22. The number of ether oxygens (including phenoxy) is 1. The standard InChI is InChI=1S/C9H12N4O2/c10-4-7-5-13(9(14)15-7)6-8-11-2-1-3-12-8/h1-3,7H,4-6,10H2. The van der Waals surface area contributed by atoms with Gasteiger partial charge in [-0.3, -0.25) is 4.90 Å². The van der Waals surface area contributed by atoms with E-state index in [0.29, 0.717) is 25.5 Å². The Morgan fingerprint density at radius 1 is 1.53 bits per heavy atom. The van der Waals surface area contributed by atoms with Gasteiger partial charge in [-0.2, -0.15) is 0 Å². The van der Waals surface area contributed by atoms with Crippen molar-refractivity contribution < 1.29 is 9.53 Å². The first kappa shape index (κ1) is 9.85. The Hall–Kier alpha value is -1.69. The number of rotatable bonds is 3. The third-order valence-electron chi connectivity index (χ3n) is 2.16. The molecule has 0 radical (unpaired) electrons. The van der Waals surface area contributed by atoms with Crippen molar-refractivity contribution in [3.8, 4) is 0 Å². The Balaban J connectivity index is 1.99. The van der Waals surface area contributed by atoms with Crippen LogP contribution in [0.4, 0.5) is 4.79 Å². The highest BCUT2D eigenvalue weighted by Crippen LogP contribution is 2.12. The van der Waals surface area contributed by atoms with Gasteiger partial charge >= 0.3 is 6.09 Å². The summed E-state index contributed by atoms with van der Waals surface area (Å²) in [4.78, 5) is 21.0. The van der Waals surface area contributed by atoms with Crippen LogP contribution in [0.2, 0.25) is 0 Å². The monoisotopic (exact) mass is 208 g/mol. The molecular formula is C9H12N4O2. The maximum absolute atomic E-state index is 11.3. The molecule has 1 aliphatic heterocycles. The molecule has 0 saturated carbocycles. The van der Waals surface area contributed by atoms with Crippen LogP contribution in [-0.4, -0.2) is 40.2 Å². The Kier molecular flexibility index (Phi) is 2.77. The van der Waals surface area contributed by atoms with Gasteiger partial charge in [0.05, 0.1) is 13.1 Å². The largest absolute Gasteiger partial charge is 0.443 e. The van der Waals surface area contributed by atoms with Crippen LogP contribution in [0.25, 0.3) is 0 Å². The van der Waals surface area contributed by atoms with E-state index >= 15 is 0 Å². The van der Waals surface area contributed by atoms with Gasteiger partial charge in [-0.1, -0.05) is 0 Å². The molecule has 0 spiro atoms. The zero-order valence-electron chi connectivity index (χ0n) is 8.17. The van der Waals surface area contributed by atoms with E-state index in [2.05, 4.69) is 9.97 Å². The molecular weight excluding hydrogens is 196 g/mol. The third kappa shape index (κ3) is 2.21. The van der Waals surface area contributed by atoms with E-state index in [1.54, 1.807) is 23.4 Å². The van der Waals surface area contributed by atoms with Gasteiger partial charge in [-0.15, -0.1) is 0 Å². The first-order chi connectivity index (χ1) is 7.29. The number of aromatic nitrogens is 2. The fourth-order valence-electron chi connectivity index (χ4n) is 1.41. The highest BCUT2D eigenvalue weighted by atomic mass is 16.6. The molecule has 15 heavy (non-hydrogen) atoms. The number of amides is 1. The molecule has 6 heteroatoms. The van der Waals surface area contributed by atoms with Crippen LogP contribution >= 0.6 is 0 Å². The van der Waals surface area contributed by atoms with Gasteiger partial charge in [0.15, 0.2) is 0 Å². The Morgan fingerprint density at radius 3 is 2.87 bits per heavy atom. The Bertz CT molecular complexity index is 343. The van der Waals surface area contributed by atoms with E-state index in [4.69, 9.17) is 10.5 Å². The summed E-state index contributed by atoms with van der Waals surface area (Å²) in [6.07, 6.45) is 2.73.